The third-order valence-corrected chi connectivity index (χ3v) is 6.94. The van der Waals surface area contributed by atoms with Gasteiger partial charge in [-0.25, -0.2) is 5.01 Å². The minimum Gasteiger partial charge on any atom is -0.292 e. The van der Waals surface area contributed by atoms with E-state index in [4.69, 9.17) is 46.4 Å². The van der Waals surface area contributed by atoms with E-state index in [2.05, 4.69) is 0 Å². The van der Waals surface area contributed by atoms with Gasteiger partial charge in [0.2, 0.25) is 0 Å². The van der Waals surface area contributed by atoms with E-state index < -0.39 is 41.9 Å². The van der Waals surface area contributed by atoms with Gasteiger partial charge in [0.05, 0.1) is 26.9 Å². The van der Waals surface area contributed by atoms with Crippen molar-refractivity contribution >= 4 is 69.9 Å². The highest BCUT2D eigenvalue weighted by molar-refractivity contribution is 6.42. The minimum atomic E-state index is -0.750. The summed E-state index contributed by atoms with van der Waals surface area (Å²) < 4.78 is 0. The van der Waals surface area contributed by atoms with Gasteiger partial charge in [0, 0.05) is 16.1 Å². The first-order chi connectivity index (χ1) is 15.7. The molecule has 4 rings (SSSR count). The van der Waals surface area contributed by atoms with E-state index >= 15 is 0 Å². The van der Waals surface area contributed by atoms with Crippen molar-refractivity contribution < 1.29 is 19.2 Å². The van der Waals surface area contributed by atoms with Crippen LogP contribution in [-0.4, -0.2) is 40.1 Å². The normalized spacial score (nSPS) is 19.6. The molecule has 10 heteroatoms. The van der Waals surface area contributed by atoms with Gasteiger partial charge in [-0.3, -0.25) is 19.2 Å². The van der Waals surface area contributed by atoms with Crippen LogP contribution < -0.4 is 0 Å². The first-order valence-corrected chi connectivity index (χ1v) is 11.5. The van der Waals surface area contributed by atoms with E-state index in [1.165, 1.54) is 36.4 Å². The molecule has 170 valence electrons. The van der Waals surface area contributed by atoms with E-state index in [0.717, 1.165) is 10.0 Å². The van der Waals surface area contributed by atoms with Crippen LogP contribution in [0, 0.1) is 11.8 Å². The maximum absolute atomic E-state index is 13.5. The number of fused-ring (bicyclic) bond motifs is 1. The third-order valence-electron chi connectivity index (χ3n) is 5.65. The van der Waals surface area contributed by atoms with Gasteiger partial charge in [0.25, 0.3) is 17.7 Å². The molecule has 1 aliphatic heterocycles. The van der Waals surface area contributed by atoms with E-state index in [0.29, 0.717) is 17.9 Å². The van der Waals surface area contributed by atoms with Gasteiger partial charge in [-0.1, -0.05) is 58.6 Å². The molecule has 0 spiro atoms. The highest BCUT2D eigenvalue weighted by Crippen LogP contribution is 2.36. The van der Waals surface area contributed by atoms with Crippen LogP contribution in [0.5, 0.6) is 0 Å². The Labute approximate surface area is 209 Å². The van der Waals surface area contributed by atoms with Crippen molar-refractivity contribution in [1.82, 2.24) is 10.0 Å². The molecule has 6 nitrogen and oxygen atoms in total. The summed E-state index contributed by atoms with van der Waals surface area (Å²) in [5.41, 5.74) is 0.166. The van der Waals surface area contributed by atoms with Crippen molar-refractivity contribution in [3.8, 4) is 0 Å². The molecule has 1 aliphatic carbocycles. The number of Topliss-reactive ketones (excluding diaryl/α,β-unsaturated/α-hetero) is 1. The second-order valence-corrected chi connectivity index (χ2v) is 9.34. The molecule has 0 unspecified atom stereocenters. The lowest BCUT2D eigenvalue weighted by Crippen LogP contribution is -2.52. The summed E-state index contributed by atoms with van der Waals surface area (Å²) in [6.45, 7) is -0.592. The Kier molecular flexibility index (Phi) is 6.82. The highest BCUT2D eigenvalue weighted by Gasteiger charge is 2.51. The Morgan fingerprint density at radius 2 is 1.48 bits per heavy atom. The zero-order chi connectivity index (χ0) is 23.9. The maximum atomic E-state index is 13.5. The number of allylic oxidation sites excluding steroid dienone is 2. The van der Waals surface area contributed by atoms with Crippen molar-refractivity contribution in [3.63, 3.8) is 0 Å². The lowest BCUT2D eigenvalue weighted by Gasteiger charge is -2.30. The fourth-order valence-electron chi connectivity index (χ4n) is 3.97. The fraction of sp³-hybridized carbons (Fsp3) is 0.217. The first-order valence-electron chi connectivity index (χ1n) is 9.97. The second kappa shape index (κ2) is 9.47. The Morgan fingerprint density at radius 3 is 2.06 bits per heavy atom. The summed E-state index contributed by atoms with van der Waals surface area (Å²) >= 11 is 24.1. The van der Waals surface area contributed by atoms with E-state index in [1.807, 2.05) is 12.2 Å². The number of hydrogen-bond acceptors (Lipinski definition) is 4. The molecule has 1 heterocycles. The lowest BCUT2D eigenvalue weighted by molar-refractivity contribution is -0.154. The Balaban J connectivity index is 1.72. The molecule has 3 amide bonds. The molecule has 2 aromatic rings. The maximum Gasteiger partial charge on any atom is 0.273 e. The average Bonchev–Trinajstić information content (AvgIpc) is 3.03. The number of benzene rings is 2. The molecule has 1 saturated heterocycles. The van der Waals surface area contributed by atoms with Crippen LogP contribution in [0.2, 0.25) is 20.1 Å². The molecule has 2 atom stereocenters. The summed E-state index contributed by atoms with van der Waals surface area (Å²) in [6, 6.07) is 8.45. The third kappa shape index (κ3) is 4.53. The summed E-state index contributed by atoms with van der Waals surface area (Å²) in [6.07, 6.45) is 4.44. The Morgan fingerprint density at radius 1 is 0.848 bits per heavy atom. The minimum absolute atomic E-state index is 0.0630. The van der Waals surface area contributed by atoms with Crippen molar-refractivity contribution in [2.24, 2.45) is 11.8 Å². The molecular weight excluding hydrogens is 510 g/mol. The van der Waals surface area contributed by atoms with E-state index in [-0.39, 0.29) is 26.2 Å². The molecule has 2 aliphatic rings. The van der Waals surface area contributed by atoms with Gasteiger partial charge in [-0.05, 0) is 49.2 Å². The van der Waals surface area contributed by atoms with Crippen LogP contribution in [0.1, 0.15) is 33.6 Å². The smallest absolute Gasteiger partial charge is 0.273 e. The number of carbonyl (C=O) groups excluding carboxylic acids is 4. The van der Waals surface area contributed by atoms with Crippen molar-refractivity contribution in [1.29, 1.82) is 0 Å². The zero-order valence-corrected chi connectivity index (χ0v) is 20.0. The molecule has 0 saturated carbocycles. The summed E-state index contributed by atoms with van der Waals surface area (Å²) in [5.74, 6) is -3.55. The van der Waals surface area contributed by atoms with Gasteiger partial charge in [0.1, 0.15) is 6.54 Å². The number of amides is 3. The number of carbonyl (C=O) groups is 4. The van der Waals surface area contributed by atoms with Crippen LogP contribution in [0.25, 0.3) is 0 Å². The second-order valence-electron chi connectivity index (χ2n) is 7.68. The molecule has 2 aromatic carbocycles. The van der Waals surface area contributed by atoms with E-state index in [1.54, 1.807) is 0 Å². The van der Waals surface area contributed by atoms with Gasteiger partial charge in [-0.2, -0.15) is 5.01 Å². The number of halogens is 4. The number of hydrazine groups is 1. The van der Waals surface area contributed by atoms with E-state index in [9.17, 15) is 19.2 Å². The number of ketones is 1. The van der Waals surface area contributed by atoms with Crippen LogP contribution in [0.15, 0.2) is 48.6 Å². The molecule has 0 radical (unpaired) electrons. The summed E-state index contributed by atoms with van der Waals surface area (Å²) in [7, 11) is 0. The van der Waals surface area contributed by atoms with Gasteiger partial charge >= 0.3 is 0 Å². The summed E-state index contributed by atoms with van der Waals surface area (Å²) in [5, 5.41) is 2.42. The average molecular weight is 526 g/mol. The van der Waals surface area contributed by atoms with Crippen LogP contribution in [-0.2, 0) is 9.59 Å². The van der Waals surface area contributed by atoms with Crippen molar-refractivity contribution in [2.75, 3.05) is 6.54 Å². The largest absolute Gasteiger partial charge is 0.292 e. The predicted octanol–water partition coefficient (Wildman–Crippen LogP) is 5.49. The van der Waals surface area contributed by atoms with Gasteiger partial charge in [-0.15, -0.1) is 0 Å². The lowest BCUT2D eigenvalue weighted by atomic mass is 9.85. The van der Waals surface area contributed by atoms with Crippen molar-refractivity contribution in [2.45, 2.75) is 12.8 Å². The molecule has 1 fully saturated rings. The monoisotopic (exact) mass is 524 g/mol. The molecule has 0 bridgehead atoms. The molecule has 0 aromatic heterocycles. The topological polar surface area (TPSA) is 74.8 Å². The summed E-state index contributed by atoms with van der Waals surface area (Å²) in [4.78, 5) is 52.9. The molecular formula is C23H16Cl4N2O4. The number of hydrogen-bond donors (Lipinski definition) is 0. The zero-order valence-electron chi connectivity index (χ0n) is 16.9. The SMILES string of the molecule is O=C(CN(C(=O)c1ccc(Cl)c(Cl)c1)N1C(=O)[C@@H]2CC=CC[C@H]2C1=O)c1ccc(Cl)cc1Cl. The Hall–Kier alpha value is -2.38. The fourth-order valence-corrected chi connectivity index (χ4v) is 4.78. The number of rotatable bonds is 5. The first kappa shape index (κ1) is 23.8. The highest BCUT2D eigenvalue weighted by atomic mass is 35.5. The van der Waals surface area contributed by atoms with Crippen LogP contribution in [0.4, 0.5) is 0 Å². The Bertz CT molecular complexity index is 1190. The quantitative estimate of drug-likeness (QED) is 0.294. The van der Waals surface area contributed by atoms with Crippen molar-refractivity contribution in [3.05, 3.63) is 79.8 Å². The number of nitrogens with zero attached hydrogens (tertiary/aromatic N) is 2. The standard InChI is InChI=1S/C23H16Cl4N2O4/c24-13-6-7-16(18(26)10-13)20(30)11-28(21(31)12-5-8-17(25)19(27)9-12)29-22(32)14-3-1-2-4-15(14)23(29)33/h1-2,5-10,14-15H,3-4,11H2/t14-,15-/m1/s1. The van der Waals surface area contributed by atoms with Gasteiger partial charge in [0.15, 0.2) is 5.78 Å². The van der Waals surface area contributed by atoms with Crippen LogP contribution >= 0.6 is 46.4 Å². The van der Waals surface area contributed by atoms with Gasteiger partial charge < -0.3 is 0 Å². The number of imide groups is 1. The molecule has 0 N–H and O–H groups in total. The molecule has 33 heavy (non-hydrogen) atoms. The predicted molar refractivity (Wildman–Crippen MR) is 125 cm³/mol. The van der Waals surface area contributed by atoms with Crippen LogP contribution in [0.3, 0.4) is 0 Å².